The van der Waals surface area contributed by atoms with Crippen LogP contribution in [0.5, 0.6) is 0 Å². The molecule has 0 bridgehead atoms. The molecule has 8 heteroatoms. The van der Waals surface area contributed by atoms with E-state index in [1.807, 2.05) is 0 Å². The standard InChI is InChI=1S/C9H13N5OS2/c1-15-5-4-10-3-2-8-12-13-9(16-8)7-6-11-14-17-7/h6,10H,2-5H2,1H3. The van der Waals surface area contributed by atoms with Gasteiger partial charge in [0.2, 0.25) is 0 Å². The molecule has 2 heterocycles. The molecule has 0 aliphatic carbocycles. The van der Waals surface area contributed by atoms with Crippen LogP contribution in [0.2, 0.25) is 0 Å². The minimum Gasteiger partial charge on any atom is -0.383 e. The Kier molecular flexibility index (Phi) is 4.92. The van der Waals surface area contributed by atoms with Crippen molar-refractivity contribution in [1.29, 1.82) is 0 Å². The third-order valence-corrected chi connectivity index (χ3v) is 3.85. The Bertz CT molecular complexity index is 430. The summed E-state index contributed by atoms with van der Waals surface area (Å²) in [5.74, 6) is 0. The molecule has 0 radical (unpaired) electrons. The van der Waals surface area contributed by atoms with Crippen LogP contribution in [-0.4, -0.2) is 46.6 Å². The van der Waals surface area contributed by atoms with E-state index in [-0.39, 0.29) is 0 Å². The van der Waals surface area contributed by atoms with Gasteiger partial charge in [0.05, 0.1) is 12.8 Å². The van der Waals surface area contributed by atoms with Crippen molar-refractivity contribution in [2.24, 2.45) is 0 Å². The Balaban J connectivity index is 1.79. The second-order valence-electron chi connectivity index (χ2n) is 3.28. The van der Waals surface area contributed by atoms with Crippen LogP contribution in [0.3, 0.4) is 0 Å². The molecule has 2 aromatic heterocycles. The number of nitrogens with zero attached hydrogens (tertiary/aromatic N) is 4. The molecule has 2 rings (SSSR count). The van der Waals surface area contributed by atoms with Crippen molar-refractivity contribution in [3.8, 4) is 9.88 Å². The number of hydrogen-bond acceptors (Lipinski definition) is 8. The maximum Gasteiger partial charge on any atom is 0.161 e. The van der Waals surface area contributed by atoms with E-state index in [0.29, 0.717) is 0 Å². The lowest BCUT2D eigenvalue weighted by Crippen LogP contribution is -2.21. The van der Waals surface area contributed by atoms with E-state index in [2.05, 4.69) is 25.1 Å². The highest BCUT2D eigenvalue weighted by molar-refractivity contribution is 7.19. The van der Waals surface area contributed by atoms with Gasteiger partial charge in [-0.3, -0.25) is 0 Å². The smallest absolute Gasteiger partial charge is 0.161 e. The summed E-state index contributed by atoms with van der Waals surface area (Å²) in [6, 6.07) is 0. The van der Waals surface area contributed by atoms with Crippen molar-refractivity contribution in [2.45, 2.75) is 6.42 Å². The van der Waals surface area contributed by atoms with E-state index >= 15 is 0 Å². The van der Waals surface area contributed by atoms with Crippen molar-refractivity contribution >= 4 is 22.9 Å². The minimum absolute atomic E-state index is 0.730. The largest absolute Gasteiger partial charge is 0.383 e. The first-order chi connectivity index (χ1) is 8.40. The normalized spacial score (nSPS) is 10.9. The monoisotopic (exact) mass is 271 g/mol. The fourth-order valence-corrected chi connectivity index (χ4v) is 2.59. The fraction of sp³-hybridized carbons (Fsp3) is 0.556. The van der Waals surface area contributed by atoms with Crippen molar-refractivity contribution in [3.63, 3.8) is 0 Å². The van der Waals surface area contributed by atoms with Gasteiger partial charge in [-0.15, -0.1) is 15.3 Å². The van der Waals surface area contributed by atoms with Gasteiger partial charge < -0.3 is 10.1 Å². The van der Waals surface area contributed by atoms with Gasteiger partial charge >= 0.3 is 0 Å². The quantitative estimate of drug-likeness (QED) is 0.752. The third-order valence-electron chi connectivity index (χ3n) is 2.04. The molecule has 92 valence electrons. The number of aromatic nitrogens is 4. The SMILES string of the molecule is COCCNCCc1nnc(-c2cnns2)s1. The second-order valence-corrected chi connectivity index (χ2v) is 5.12. The maximum atomic E-state index is 4.95. The summed E-state index contributed by atoms with van der Waals surface area (Å²) in [4.78, 5) is 0.973. The molecule has 0 saturated heterocycles. The summed E-state index contributed by atoms with van der Waals surface area (Å²) in [5.41, 5.74) is 0. The van der Waals surface area contributed by atoms with Gasteiger partial charge in [-0.1, -0.05) is 15.8 Å². The van der Waals surface area contributed by atoms with Crippen LogP contribution in [0.15, 0.2) is 6.20 Å². The van der Waals surface area contributed by atoms with Gasteiger partial charge in [-0.2, -0.15) is 0 Å². The highest BCUT2D eigenvalue weighted by Gasteiger charge is 2.08. The highest BCUT2D eigenvalue weighted by Crippen LogP contribution is 2.25. The molecule has 0 atom stereocenters. The van der Waals surface area contributed by atoms with E-state index in [0.717, 1.165) is 41.0 Å². The number of hydrogen-bond donors (Lipinski definition) is 1. The molecule has 0 aliphatic heterocycles. The molecule has 0 unspecified atom stereocenters. The average molecular weight is 271 g/mol. The first kappa shape index (κ1) is 12.5. The average Bonchev–Trinajstić information content (AvgIpc) is 2.99. The van der Waals surface area contributed by atoms with Crippen LogP contribution in [0.25, 0.3) is 9.88 Å². The molecule has 0 fully saturated rings. The zero-order valence-corrected chi connectivity index (χ0v) is 11.1. The molecule has 6 nitrogen and oxygen atoms in total. The molecule has 0 amide bonds. The Morgan fingerprint density at radius 3 is 3.06 bits per heavy atom. The van der Waals surface area contributed by atoms with Crippen LogP contribution in [-0.2, 0) is 11.2 Å². The first-order valence-electron chi connectivity index (χ1n) is 5.20. The fourth-order valence-electron chi connectivity index (χ4n) is 1.21. The topological polar surface area (TPSA) is 72.8 Å². The Labute approximate surface area is 107 Å². The Hall–Kier alpha value is -0.960. The number of ether oxygens (including phenoxy) is 1. The predicted molar refractivity (Wildman–Crippen MR) is 67.3 cm³/mol. The predicted octanol–water partition coefficient (Wildman–Crippen LogP) is 0.835. The van der Waals surface area contributed by atoms with E-state index in [9.17, 15) is 0 Å². The summed E-state index contributed by atoms with van der Waals surface area (Å²) >= 11 is 2.93. The summed E-state index contributed by atoms with van der Waals surface area (Å²) < 4.78 is 8.75. The summed E-state index contributed by atoms with van der Waals surface area (Å²) in [6.45, 7) is 2.48. The third kappa shape index (κ3) is 3.77. The number of methoxy groups -OCH3 is 1. The molecule has 0 aromatic carbocycles. The highest BCUT2D eigenvalue weighted by atomic mass is 32.1. The van der Waals surface area contributed by atoms with Crippen molar-refractivity contribution in [1.82, 2.24) is 25.1 Å². The van der Waals surface area contributed by atoms with Crippen molar-refractivity contribution in [2.75, 3.05) is 26.8 Å². The summed E-state index contributed by atoms with van der Waals surface area (Å²) in [6.07, 6.45) is 2.60. The molecule has 0 aliphatic rings. The Morgan fingerprint density at radius 2 is 2.29 bits per heavy atom. The van der Waals surface area contributed by atoms with Crippen LogP contribution in [0, 0.1) is 0 Å². The molecule has 0 saturated carbocycles. The summed E-state index contributed by atoms with van der Waals surface area (Å²) in [5, 5.41) is 17.2. The lowest BCUT2D eigenvalue weighted by atomic mass is 10.4. The zero-order chi connectivity index (χ0) is 11.9. The molecule has 2 aromatic rings. The van der Waals surface area contributed by atoms with Crippen molar-refractivity contribution < 1.29 is 4.74 Å². The van der Waals surface area contributed by atoms with E-state index in [1.165, 1.54) is 11.5 Å². The van der Waals surface area contributed by atoms with Gasteiger partial charge in [0.15, 0.2) is 5.01 Å². The van der Waals surface area contributed by atoms with E-state index in [1.54, 1.807) is 24.6 Å². The summed E-state index contributed by atoms with van der Waals surface area (Å²) in [7, 11) is 1.70. The molecule has 1 N–H and O–H groups in total. The van der Waals surface area contributed by atoms with Crippen LogP contribution >= 0.6 is 22.9 Å². The van der Waals surface area contributed by atoms with Gasteiger partial charge in [-0.05, 0) is 11.5 Å². The second kappa shape index (κ2) is 6.70. The van der Waals surface area contributed by atoms with Crippen LogP contribution in [0.1, 0.15) is 5.01 Å². The van der Waals surface area contributed by atoms with E-state index < -0.39 is 0 Å². The van der Waals surface area contributed by atoms with Crippen LogP contribution in [0.4, 0.5) is 0 Å². The van der Waals surface area contributed by atoms with Crippen molar-refractivity contribution in [3.05, 3.63) is 11.2 Å². The molecule has 0 spiro atoms. The van der Waals surface area contributed by atoms with Gasteiger partial charge in [0.1, 0.15) is 9.88 Å². The molecular weight excluding hydrogens is 258 g/mol. The molecule has 17 heavy (non-hydrogen) atoms. The lowest BCUT2D eigenvalue weighted by molar-refractivity contribution is 0.199. The maximum absolute atomic E-state index is 4.95. The minimum atomic E-state index is 0.730. The zero-order valence-electron chi connectivity index (χ0n) is 9.42. The lowest BCUT2D eigenvalue weighted by Gasteiger charge is -2.00. The molecular formula is C9H13N5OS2. The van der Waals surface area contributed by atoms with E-state index in [4.69, 9.17) is 4.74 Å². The number of nitrogens with one attached hydrogen (secondary N) is 1. The van der Waals surface area contributed by atoms with Gasteiger partial charge in [0, 0.05) is 26.6 Å². The van der Waals surface area contributed by atoms with Crippen LogP contribution < -0.4 is 5.32 Å². The Morgan fingerprint density at radius 1 is 1.35 bits per heavy atom. The number of rotatable bonds is 7. The van der Waals surface area contributed by atoms with Gasteiger partial charge in [0.25, 0.3) is 0 Å². The first-order valence-corrected chi connectivity index (χ1v) is 6.79. The van der Waals surface area contributed by atoms with Gasteiger partial charge in [-0.25, -0.2) is 0 Å².